The Morgan fingerprint density at radius 2 is 1.91 bits per heavy atom. The number of methoxy groups -OCH3 is 1. The summed E-state index contributed by atoms with van der Waals surface area (Å²) in [6, 6.07) is 11.7. The van der Waals surface area contributed by atoms with Crippen molar-refractivity contribution in [1.82, 2.24) is 19.3 Å². The fourth-order valence-corrected chi connectivity index (χ4v) is 4.25. The number of hydrogen-bond acceptors (Lipinski definition) is 7. The highest BCUT2D eigenvalue weighted by Gasteiger charge is 2.20. The van der Waals surface area contributed by atoms with Crippen molar-refractivity contribution >= 4 is 27.5 Å². The van der Waals surface area contributed by atoms with Crippen molar-refractivity contribution in [3.05, 3.63) is 58.9 Å². The molecule has 0 saturated carbocycles. The molecule has 0 aliphatic rings. The van der Waals surface area contributed by atoms with E-state index in [1.165, 1.54) is 38.2 Å². The second-order valence-electron chi connectivity index (χ2n) is 7.53. The first-order chi connectivity index (χ1) is 15.6. The summed E-state index contributed by atoms with van der Waals surface area (Å²) >= 11 is 6.00. The number of rotatable bonds is 9. The largest absolute Gasteiger partial charge is 0.496 e. The minimum atomic E-state index is -3.60. The van der Waals surface area contributed by atoms with Gasteiger partial charge in [-0.25, -0.2) is 12.7 Å². The number of benzene rings is 2. The van der Waals surface area contributed by atoms with Crippen molar-refractivity contribution in [2.75, 3.05) is 28.3 Å². The van der Waals surface area contributed by atoms with Crippen molar-refractivity contribution in [1.29, 1.82) is 0 Å². The summed E-state index contributed by atoms with van der Waals surface area (Å²) in [4.78, 5) is 18.6. The van der Waals surface area contributed by atoms with Crippen LogP contribution in [0.1, 0.15) is 17.9 Å². The second kappa shape index (κ2) is 10.3. The van der Waals surface area contributed by atoms with Gasteiger partial charge in [-0.1, -0.05) is 28.9 Å². The van der Waals surface area contributed by atoms with E-state index in [0.29, 0.717) is 34.1 Å². The van der Waals surface area contributed by atoms with Gasteiger partial charge in [-0.15, -0.1) is 0 Å². The molecule has 0 spiro atoms. The normalized spacial score (nSPS) is 11.6. The van der Waals surface area contributed by atoms with Crippen LogP contribution in [0.3, 0.4) is 0 Å². The van der Waals surface area contributed by atoms with Crippen LogP contribution < -0.4 is 4.74 Å². The van der Waals surface area contributed by atoms with Crippen molar-refractivity contribution < 1.29 is 22.5 Å². The molecule has 0 radical (unpaired) electrons. The number of amides is 1. The maximum Gasteiger partial charge on any atom is 0.246 e. The summed E-state index contributed by atoms with van der Waals surface area (Å²) < 4.78 is 36.6. The number of nitrogens with zero attached hydrogens (tertiary/aromatic N) is 4. The SMILES string of the molecule is COc1ccc(S(=O)(=O)N(C)C)cc1CCC(=O)N(C)Cc1nc(-c2cccc(Cl)c2)no1. The molecule has 0 aliphatic heterocycles. The molecule has 0 N–H and O–H groups in total. The molecule has 33 heavy (non-hydrogen) atoms. The zero-order valence-electron chi connectivity index (χ0n) is 18.8. The lowest BCUT2D eigenvalue weighted by molar-refractivity contribution is -0.130. The van der Waals surface area contributed by atoms with Crippen molar-refractivity contribution in [3.63, 3.8) is 0 Å². The van der Waals surface area contributed by atoms with Crippen LogP contribution >= 0.6 is 11.6 Å². The number of carbonyl (C=O) groups excluding carboxylic acids is 1. The van der Waals surface area contributed by atoms with E-state index in [4.69, 9.17) is 20.9 Å². The zero-order valence-corrected chi connectivity index (χ0v) is 20.4. The number of halogens is 1. The fourth-order valence-electron chi connectivity index (χ4n) is 3.11. The predicted octanol–water partition coefficient (Wildman–Crippen LogP) is 3.24. The Labute approximate surface area is 198 Å². The molecular weight excluding hydrogens is 468 g/mol. The van der Waals surface area contributed by atoms with Gasteiger partial charge in [-0.3, -0.25) is 4.79 Å². The first-order valence-electron chi connectivity index (χ1n) is 10.0. The zero-order chi connectivity index (χ0) is 24.2. The van der Waals surface area contributed by atoms with Crippen molar-refractivity contribution in [2.24, 2.45) is 0 Å². The highest BCUT2D eigenvalue weighted by atomic mass is 35.5. The van der Waals surface area contributed by atoms with Crippen LogP contribution in [0.15, 0.2) is 51.9 Å². The van der Waals surface area contributed by atoms with Crippen LogP contribution in [-0.4, -0.2) is 61.9 Å². The van der Waals surface area contributed by atoms with Crippen LogP contribution in [0, 0.1) is 0 Å². The number of ether oxygens (including phenoxy) is 1. The van der Waals surface area contributed by atoms with Gasteiger partial charge in [0.1, 0.15) is 5.75 Å². The Hall–Kier alpha value is -2.95. The lowest BCUT2D eigenvalue weighted by Gasteiger charge is -2.17. The molecule has 1 aromatic heterocycles. The molecule has 0 unspecified atom stereocenters. The summed E-state index contributed by atoms with van der Waals surface area (Å²) in [5.74, 6) is 1.03. The third-order valence-electron chi connectivity index (χ3n) is 4.99. The van der Waals surface area contributed by atoms with E-state index in [1.54, 1.807) is 31.3 Å². The molecule has 176 valence electrons. The van der Waals surface area contributed by atoms with Crippen molar-refractivity contribution in [3.8, 4) is 17.1 Å². The van der Waals surface area contributed by atoms with Gasteiger partial charge in [0.2, 0.25) is 27.6 Å². The maximum absolute atomic E-state index is 12.7. The Bertz CT molecular complexity index is 1240. The predicted molar refractivity (Wildman–Crippen MR) is 123 cm³/mol. The molecule has 2 aromatic carbocycles. The third-order valence-corrected chi connectivity index (χ3v) is 7.03. The van der Waals surface area contributed by atoms with Crippen LogP contribution in [0.25, 0.3) is 11.4 Å². The standard InChI is InChI=1S/C22H25ClN4O5S/c1-26(2)33(29,30)18-9-10-19(31-4)15(13-18)8-11-21(28)27(3)14-20-24-22(25-32-20)16-6-5-7-17(23)12-16/h5-7,9-10,12-13H,8,11,14H2,1-4H3. The van der Waals surface area contributed by atoms with E-state index in [9.17, 15) is 13.2 Å². The Kier molecular flexibility index (Phi) is 7.72. The Morgan fingerprint density at radius 3 is 2.58 bits per heavy atom. The van der Waals surface area contributed by atoms with Gasteiger partial charge < -0.3 is 14.2 Å². The van der Waals surface area contributed by atoms with E-state index in [2.05, 4.69) is 10.1 Å². The van der Waals surface area contributed by atoms with E-state index in [-0.39, 0.29) is 29.7 Å². The summed E-state index contributed by atoms with van der Waals surface area (Å²) in [5, 5.41) is 4.50. The summed E-state index contributed by atoms with van der Waals surface area (Å²) in [6.45, 7) is 0.137. The van der Waals surface area contributed by atoms with Gasteiger partial charge in [0, 0.05) is 38.1 Å². The molecule has 3 rings (SSSR count). The number of aromatic nitrogens is 2. The highest BCUT2D eigenvalue weighted by molar-refractivity contribution is 7.89. The van der Waals surface area contributed by atoms with Gasteiger partial charge in [-0.2, -0.15) is 4.98 Å². The average molecular weight is 493 g/mol. The van der Waals surface area contributed by atoms with Gasteiger partial charge in [0.05, 0.1) is 18.6 Å². The summed E-state index contributed by atoms with van der Waals surface area (Å²) in [6.07, 6.45) is 0.453. The molecule has 0 bridgehead atoms. The number of carbonyl (C=O) groups is 1. The maximum atomic E-state index is 12.7. The first-order valence-corrected chi connectivity index (χ1v) is 11.9. The monoisotopic (exact) mass is 492 g/mol. The highest BCUT2D eigenvalue weighted by Crippen LogP contribution is 2.25. The van der Waals surface area contributed by atoms with E-state index in [0.717, 1.165) is 4.31 Å². The molecule has 3 aromatic rings. The molecule has 0 fully saturated rings. The van der Waals surface area contributed by atoms with Crippen molar-refractivity contribution in [2.45, 2.75) is 24.3 Å². The Morgan fingerprint density at radius 1 is 1.15 bits per heavy atom. The molecule has 9 nitrogen and oxygen atoms in total. The van der Waals surface area contributed by atoms with Gasteiger partial charge in [0.25, 0.3) is 0 Å². The van der Waals surface area contributed by atoms with Crippen LogP contribution in [0.4, 0.5) is 0 Å². The lowest BCUT2D eigenvalue weighted by Crippen LogP contribution is -2.26. The lowest BCUT2D eigenvalue weighted by atomic mass is 10.1. The minimum absolute atomic E-state index is 0.137. The third kappa shape index (κ3) is 5.89. The van der Waals surface area contributed by atoms with E-state index >= 15 is 0 Å². The molecule has 0 saturated heterocycles. The first kappa shape index (κ1) is 24.7. The smallest absolute Gasteiger partial charge is 0.246 e. The summed E-state index contributed by atoms with van der Waals surface area (Å²) in [7, 11) is 2.47. The molecule has 1 amide bonds. The molecular formula is C22H25ClN4O5S. The Balaban J connectivity index is 1.66. The van der Waals surface area contributed by atoms with E-state index < -0.39 is 10.0 Å². The van der Waals surface area contributed by atoms with E-state index in [1.807, 2.05) is 6.07 Å². The summed E-state index contributed by atoms with van der Waals surface area (Å²) in [5.41, 5.74) is 1.34. The number of hydrogen-bond donors (Lipinski definition) is 0. The number of sulfonamides is 1. The van der Waals surface area contributed by atoms with Gasteiger partial charge in [-0.05, 0) is 42.3 Å². The second-order valence-corrected chi connectivity index (χ2v) is 10.1. The van der Waals surface area contributed by atoms with Crippen LogP contribution in [0.2, 0.25) is 5.02 Å². The van der Waals surface area contributed by atoms with Gasteiger partial charge >= 0.3 is 0 Å². The molecule has 0 atom stereocenters. The molecule has 11 heteroatoms. The molecule has 1 heterocycles. The van der Waals surface area contributed by atoms with Gasteiger partial charge in [0.15, 0.2) is 0 Å². The van der Waals surface area contributed by atoms with Crippen LogP contribution in [0.5, 0.6) is 5.75 Å². The van der Waals surface area contributed by atoms with Crippen LogP contribution in [-0.2, 0) is 27.8 Å². The fraction of sp³-hybridized carbons (Fsp3) is 0.318. The average Bonchev–Trinajstić information content (AvgIpc) is 3.25. The number of aryl methyl sites for hydroxylation is 1. The topological polar surface area (TPSA) is 106 Å². The quantitative estimate of drug-likeness (QED) is 0.451. The molecule has 0 aliphatic carbocycles. The minimum Gasteiger partial charge on any atom is -0.496 e.